The predicted molar refractivity (Wildman–Crippen MR) is 142 cm³/mol. The smallest absolute Gasteiger partial charge is 0.264 e. The molecule has 11 heteroatoms. The first-order valence-electron chi connectivity index (χ1n) is 13.2. The van der Waals surface area contributed by atoms with Gasteiger partial charge in [-0.1, -0.05) is 6.42 Å². The number of ether oxygens (including phenoxy) is 1. The van der Waals surface area contributed by atoms with Gasteiger partial charge < -0.3 is 20.3 Å². The van der Waals surface area contributed by atoms with Crippen molar-refractivity contribution in [1.82, 2.24) is 25.1 Å². The van der Waals surface area contributed by atoms with Gasteiger partial charge in [0.1, 0.15) is 10.9 Å². The zero-order valence-electron chi connectivity index (χ0n) is 21.9. The number of hydrogen-bond acceptors (Lipinski definition) is 7. The Morgan fingerprint density at radius 3 is 2.62 bits per heavy atom. The monoisotopic (exact) mass is 531 g/mol. The fraction of sp³-hybridized carbons (Fsp3) is 0.654. The van der Waals surface area contributed by atoms with Crippen LogP contribution in [-0.2, 0) is 20.9 Å². The molecule has 4 rings (SSSR count). The fourth-order valence-electron chi connectivity index (χ4n) is 5.18. The van der Waals surface area contributed by atoms with Crippen molar-refractivity contribution in [2.75, 3.05) is 32.8 Å². The molecule has 4 heterocycles. The minimum Gasteiger partial charge on any atom is -0.381 e. The number of piperidine rings is 1. The third-order valence-electron chi connectivity index (χ3n) is 7.64. The maximum atomic E-state index is 13.5. The van der Waals surface area contributed by atoms with Gasteiger partial charge in [0.2, 0.25) is 11.8 Å². The predicted octanol–water partition coefficient (Wildman–Crippen LogP) is 2.22. The van der Waals surface area contributed by atoms with Crippen LogP contribution in [0.25, 0.3) is 10.2 Å². The number of aryl methyl sites for hydroxylation is 2. The van der Waals surface area contributed by atoms with Gasteiger partial charge >= 0.3 is 0 Å². The molecule has 2 aliphatic heterocycles. The summed E-state index contributed by atoms with van der Waals surface area (Å²) in [5, 5.41) is 6.29. The maximum Gasteiger partial charge on any atom is 0.264 e. The minimum atomic E-state index is -0.638. The van der Waals surface area contributed by atoms with E-state index < -0.39 is 11.5 Å². The fourth-order valence-corrected chi connectivity index (χ4v) is 6.29. The summed E-state index contributed by atoms with van der Waals surface area (Å²) in [4.78, 5) is 59.5. The first-order chi connectivity index (χ1) is 17.8. The van der Waals surface area contributed by atoms with Crippen molar-refractivity contribution in [3.8, 4) is 0 Å². The Morgan fingerprint density at radius 2 is 1.89 bits per heavy atom. The number of aromatic nitrogens is 2. The normalized spacial score (nSPS) is 21.9. The molecular formula is C26H37N5O5S. The van der Waals surface area contributed by atoms with E-state index in [1.54, 1.807) is 23.3 Å². The molecule has 2 aromatic rings. The van der Waals surface area contributed by atoms with Gasteiger partial charge in [0, 0.05) is 39.4 Å². The van der Waals surface area contributed by atoms with Crippen LogP contribution in [0.2, 0.25) is 0 Å². The number of fused-ring (bicyclic) bond motifs is 1. The second-order valence-corrected chi connectivity index (χ2v) is 11.1. The minimum absolute atomic E-state index is 0.123. The SMILES string of the molecule is CCn1cnc2sc(C(=O)N3CCC4(CCCCOCCCNC(=O)[C@H](C)NC4=O)CC3)c(C)c2c1=O. The molecule has 0 aromatic carbocycles. The van der Waals surface area contributed by atoms with Gasteiger partial charge in [-0.15, -0.1) is 11.3 Å². The lowest BCUT2D eigenvalue weighted by Crippen LogP contribution is -2.54. The number of carbonyl (C=O) groups is 3. The molecular weight excluding hydrogens is 494 g/mol. The molecule has 0 saturated carbocycles. The number of likely N-dealkylation sites (tertiary alicyclic amines) is 1. The third-order valence-corrected chi connectivity index (χ3v) is 8.83. The average molecular weight is 532 g/mol. The highest BCUT2D eigenvalue weighted by Gasteiger charge is 2.43. The summed E-state index contributed by atoms with van der Waals surface area (Å²) in [5.74, 6) is -0.452. The van der Waals surface area contributed by atoms with E-state index in [2.05, 4.69) is 15.6 Å². The lowest BCUT2D eigenvalue weighted by atomic mass is 9.73. The summed E-state index contributed by atoms with van der Waals surface area (Å²) >= 11 is 1.25. The van der Waals surface area contributed by atoms with Crippen LogP contribution in [-0.4, -0.2) is 71.1 Å². The second-order valence-electron chi connectivity index (χ2n) is 10.1. The molecule has 0 radical (unpaired) electrons. The number of nitrogens with zero attached hydrogens (tertiary/aromatic N) is 3. The van der Waals surface area contributed by atoms with Gasteiger partial charge in [0.05, 0.1) is 22.0 Å². The summed E-state index contributed by atoms with van der Waals surface area (Å²) in [6.07, 6.45) is 5.69. The first-order valence-corrected chi connectivity index (χ1v) is 14.0. The topological polar surface area (TPSA) is 123 Å². The molecule has 2 fully saturated rings. The number of carbonyl (C=O) groups excluding carboxylic acids is 3. The molecule has 2 N–H and O–H groups in total. The lowest BCUT2D eigenvalue weighted by molar-refractivity contribution is -0.137. The molecule has 2 aliphatic rings. The largest absolute Gasteiger partial charge is 0.381 e. The van der Waals surface area contributed by atoms with Crippen LogP contribution >= 0.6 is 11.3 Å². The second kappa shape index (κ2) is 11.7. The van der Waals surface area contributed by atoms with E-state index in [9.17, 15) is 19.2 Å². The summed E-state index contributed by atoms with van der Waals surface area (Å²) in [5.41, 5.74) is -0.0984. The van der Waals surface area contributed by atoms with Crippen molar-refractivity contribution in [2.45, 2.75) is 71.9 Å². The lowest BCUT2D eigenvalue weighted by Gasteiger charge is -2.41. The van der Waals surface area contributed by atoms with Gasteiger partial charge in [-0.3, -0.25) is 23.7 Å². The highest BCUT2D eigenvalue weighted by atomic mass is 32.1. The Labute approximate surface area is 220 Å². The molecule has 202 valence electrons. The Kier molecular flexibility index (Phi) is 8.63. The van der Waals surface area contributed by atoms with Crippen LogP contribution in [0.1, 0.15) is 67.6 Å². The van der Waals surface area contributed by atoms with Gasteiger partial charge in [0.25, 0.3) is 11.5 Å². The molecule has 0 aliphatic carbocycles. The van der Waals surface area contributed by atoms with Crippen molar-refractivity contribution < 1.29 is 19.1 Å². The zero-order chi connectivity index (χ0) is 26.6. The molecule has 2 aromatic heterocycles. The molecule has 1 spiro atoms. The highest BCUT2D eigenvalue weighted by molar-refractivity contribution is 7.20. The Bertz CT molecular complexity index is 1210. The number of amides is 3. The van der Waals surface area contributed by atoms with Crippen molar-refractivity contribution in [2.24, 2.45) is 5.41 Å². The van der Waals surface area contributed by atoms with Crippen LogP contribution < -0.4 is 16.2 Å². The van der Waals surface area contributed by atoms with Crippen molar-refractivity contribution in [3.63, 3.8) is 0 Å². The summed E-state index contributed by atoms with van der Waals surface area (Å²) in [6, 6.07) is -0.631. The Morgan fingerprint density at radius 1 is 1.16 bits per heavy atom. The Hall–Kier alpha value is -2.79. The number of hydrogen-bond donors (Lipinski definition) is 2. The van der Waals surface area contributed by atoms with E-state index in [-0.39, 0.29) is 23.3 Å². The Balaban J connectivity index is 1.50. The number of nitrogens with one attached hydrogen (secondary N) is 2. The van der Waals surface area contributed by atoms with Crippen LogP contribution in [0.4, 0.5) is 0 Å². The van der Waals surface area contributed by atoms with E-state index >= 15 is 0 Å². The van der Waals surface area contributed by atoms with Crippen molar-refractivity contribution in [1.29, 1.82) is 0 Å². The molecule has 0 unspecified atom stereocenters. The van der Waals surface area contributed by atoms with Gasteiger partial charge in [-0.05, 0) is 58.4 Å². The average Bonchev–Trinajstić information content (AvgIpc) is 3.24. The first kappa shape index (κ1) is 27.3. The van der Waals surface area contributed by atoms with E-state index in [1.807, 2.05) is 6.92 Å². The summed E-state index contributed by atoms with van der Waals surface area (Å²) < 4.78 is 7.21. The zero-order valence-corrected chi connectivity index (χ0v) is 22.7. The number of rotatable bonds is 2. The van der Waals surface area contributed by atoms with Gasteiger partial charge in [0.15, 0.2) is 0 Å². The van der Waals surface area contributed by atoms with E-state index in [4.69, 9.17) is 4.74 Å². The molecule has 1 atom stereocenters. The van der Waals surface area contributed by atoms with Crippen molar-refractivity contribution in [3.05, 3.63) is 27.1 Å². The van der Waals surface area contributed by atoms with Crippen LogP contribution in [0.3, 0.4) is 0 Å². The standard InChI is InChI=1S/C26H37N5O5S/c1-4-30-16-28-22-19(23(30)33)17(2)20(37-22)24(34)31-12-9-26(10-13-31)8-5-6-14-36-15-7-11-27-21(32)18(3)29-25(26)35/h16,18H,4-15H2,1-3H3,(H,27,32)(H,29,35)/t18-/m0/s1. The van der Waals surface area contributed by atoms with Crippen LogP contribution in [0.15, 0.2) is 11.1 Å². The van der Waals surface area contributed by atoms with Gasteiger partial charge in [-0.25, -0.2) is 4.98 Å². The quantitative estimate of drug-likeness (QED) is 0.613. The van der Waals surface area contributed by atoms with E-state index in [1.165, 1.54) is 17.7 Å². The van der Waals surface area contributed by atoms with Gasteiger partial charge in [-0.2, -0.15) is 0 Å². The summed E-state index contributed by atoms with van der Waals surface area (Å²) in [6.45, 7) is 8.52. The maximum absolute atomic E-state index is 13.5. The van der Waals surface area contributed by atoms with E-state index in [0.717, 1.165) is 19.3 Å². The molecule has 0 bridgehead atoms. The van der Waals surface area contributed by atoms with E-state index in [0.29, 0.717) is 79.3 Å². The molecule has 2 saturated heterocycles. The molecule has 37 heavy (non-hydrogen) atoms. The van der Waals surface area contributed by atoms with Crippen molar-refractivity contribution >= 4 is 39.3 Å². The molecule has 3 amide bonds. The van der Waals surface area contributed by atoms with Crippen LogP contribution in [0.5, 0.6) is 0 Å². The summed E-state index contributed by atoms with van der Waals surface area (Å²) in [7, 11) is 0. The van der Waals surface area contributed by atoms with Crippen LogP contribution in [0, 0.1) is 12.3 Å². The third kappa shape index (κ3) is 5.72. The number of thiophene rings is 1. The molecule has 10 nitrogen and oxygen atoms in total. The highest BCUT2D eigenvalue weighted by Crippen LogP contribution is 2.38.